The fraction of sp³-hybridized carbons (Fsp3) is 0.310. The molecular formula is C29H33ClFN3O4S. The van der Waals surface area contributed by atoms with Gasteiger partial charge in [0.15, 0.2) is 0 Å². The molecule has 0 saturated heterocycles. The first-order chi connectivity index (χ1) is 18.5. The molecule has 208 valence electrons. The second kappa shape index (κ2) is 13.6. The van der Waals surface area contributed by atoms with E-state index in [4.69, 9.17) is 11.6 Å². The van der Waals surface area contributed by atoms with E-state index >= 15 is 0 Å². The smallest absolute Gasteiger partial charge is 0.244 e. The van der Waals surface area contributed by atoms with Crippen LogP contribution in [-0.2, 0) is 32.6 Å². The van der Waals surface area contributed by atoms with Gasteiger partial charge in [0.05, 0.1) is 11.9 Å². The van der Waals surface area contributed by atoms with Crippen LogP contribution in [0.25, 0.3) is 0 Å². The van der Waals surface area contributed by atoms with Gasteiger partial charge in [-0.05, 0) is 54.8 Å². The van der Waals surface area contributed by atoms with Crippen LogP contribution < -0.4 is 9.62 Å². The highest BCUT2D eigenvalue weighted by Crippen LogP contribution is 2.21. The predicted molar refractivity (Wildman–Crippen MR) is 152 cm³/mol. The van der Waals surface area contributed by atoms with Crippen molar-refractivity contribution in [3.63, 3.8) is 0 Å². The van der Waals surface area contributed by atoms with Gasteiger partial charge in [-0.15, -0.1) is 0 Å². The number of sulfonamides is 1. The number of benzene rings is 3. The zero-order valence-corrected chi connectivity index (χ0v) is 23.8. The van der Waals surface area contributed by atoms with Crippen molar-refractivity contribution in [3.05, 3.63) is 101 Å². The minimum Gasteiger partial charge on any atom is -0.352 e. The lowest BCUT2D eigenvalue weighted by Crippen LogP contribution is -2.54. The summed E-state index contributed by atoms with van der Waals surface area (Å²) in [7, 11) is -3.97. The third-order valence-electron chi connectivity index (χ3n) is 6.31. The summed E-state index contributed by atoms with van der Waals surface area (Å²) in [6, 6.07) is 20.1. The summed E-state index contributed by atoms with van der Waals surface area (Å²) in [6.07, 6.45) is 1.85. The van der Waals surface area contributed by atoms with Crippen molar-refractivity contribution in [3.8, 4) is 0 Å². The largest absolute Gasteiger partial charge is 0.352 e. The van der Waals surface area contributed by atoms with Crippen molar-refractivity contribution in [2.75, 3.05) is 17.1 Å². The molecule has 2 amide bonds. The molecular weight excluding hydrogens is 541 g/mol. The highest BCUT2D eigenvalue weighted by atomic mass is 35.5. The molecule has 2 atom stereocenters. The Morgan fingerprint density at radius 2 is 1.64 bits per heavy atom. The van der Waals surface area contributed by atoms with Gasteiger partial charge >= 0.3 is 0 Å². The molecule has 0 unspecified atom stereocenters. The summed E-state index contributed by atoms with van der Waals surface area (Å²) < 4.78 is 40.3. The Morgan fingerprint density at radius 3 is 2.23 bits per heavy atom. The zero-order chi connectivity index (χ0) is 28.6. The number of amides is 2. The van der Waals surface area contributed by atoms with Crippen molar-refractivity contribution in [1.82, 2.24) is 10.2 Å². The average Bonchev–Trinajstić information content (AvgIpc) is 2.90. The SMILES string of the molecule is CC[C@H](C)NC(=O)[C@H](Cc1ccccc1)N(Cc1ccc(Cl)cc1)C(=O)CN(c1cccc(F)c1)S(C)(=O)=O. The zero-order valence-electron chi connectivity index (χ0n) is 22.2. The number of nitrogens with zero attached hydrogens (tertiary/aromatic N) is 2. The van der Waals surface area contributed by atoms with Crippen LogP contribution in [0.3, 0.4) is 0 Å². The number of halogens is 2. The summed E-state index contributed by atoms with van der Waals surface area (Å²) in [6.45, 7) is 3.23. The lowest BCUT2D eigenvalue weighted by Gasteiger charge is -2.34. The maximum absolute atomic E-state index is 14.0. The lowest BCUT2D eigenvalue weighted by molar-refractivity contribution is -0.140. The van der Waals surface area contributed by atoms with Crippen LogP contribution in [0, 0.1) is 5.82 Å². The van der Waals surface area contributed by atoms with Gasteiger partial charge in [-0.2, -0.15) is 0 Å². The lowest BCUT2D eigenvalue weighted by atomic mass is 10.0. The van der Waals surface area contributed by atoms with Gasteiger partial charge in [-0.3, -0.25) is 13.9 Å². The second-order valence-corrected chi connectivity index (χ2v) is 11.8. The Hall–Kier alpha value is -3.43. The van der Waals surface area contributed by atoms with Gasteiger partial charge in [0.2, 0.25) is 21.8 Å². The molecule has 0 bridgehead atoms. The van der Waals surface area contributed by atoms with Gasteiger partial charge in [0, 0.05) is 24.0 Å². The fourth-order valence-corrected chi connectivity index (χ4v) is 4.99. The summed E-state index contributed by atoms with van der Waals surface area (Å²) in [5.74, 6) is -1.60. The molecule has 0 spiro atoms. The van der Waals surface area contributed by atoms with Crippen LogP contribution in [-0.4, -0.2) is 50.0 Å². The topological polar surface area (TPSA) is 86.8 Å². The third-order valence-corrected chi connectivity index (χ3v) is 7.71. The number of nitrogens with one attached hydrogen (secondary N) is 1. The van der Waals surface area contributed by atoms with E-state index < -0.39 is 34.3 Å². The first-order valence-corrected chi connectivity index (χ1v) is 14.8. The predicted octanol–water partition coefficient (Wildman–Crippen LogP) is 4.80. The van der Waals surface area contributed by atoms with Crippen LogP contribution in [0.15, 0.2) is 78.9 Å². The Morgan fingerprint density at radius 1 is 0.974 bits per heavy atom. The van der Waals surface area contributed by atoms with Crippen LogP contribution >= 0.6 is 11.6 Å². The Bertz CT molecular complexity index is 1370. The minimum atomic E-state index is -3.97. The highest BCUT2D eigenvalue weighted by molar-refractivity contribution is 7.92. The molecule has 0 aromatic heterocycles. The molecule has 0 aliphatic heterocycles. The number of hydrogen-bond acceptors (Lipinski definition) is 4. The van der Waals surface area contributed by atoms with Crippen molar-refractivity contribution < 1.29 is 22.4 Å². The Balaban J connectivity index is 2.05. The molecule has 0 fully saturated rings. The molecule has 0 saturated carbocycles. The van der Waals surface area contributed by atoms with Crippen LogP contribution in [0.2, 0.25) is 5.02 Å². The molecule has 10 heteroatoms. The highest BCUT2D eigenvalue weighted by Gasteiger charge is 2.33. The van der Waals surface area contributed by atoms with E-state index in [1.807, 2.05) is 44.2 Å². The molecule has 1 N–H and O–H groups in total. The van der Waals surface area contributed by atoms with Crippen LogP contribution in [0.5, 0.6) is 0 Å². The fourth-order valence-electron chi connectivity index (χ4n) is 4.03. The van der Waals surface area contributed by atoms with E-state index in [-0.39, 0.29) is 30.6 Å². The Labute approximate surface area is 234 Å². The normalized spacial score (nSPS) is 12.8. The first kappa shape index (κ1) is 30.1. The molecule has 7 nitrogen and oxygen atoms in total. The van der Waals surface area contributed by atoms with E-state index in [2.05, 4.69) is 5.32 Å². The van der Waals surface area contributed by atoms with Crippen molar-refractivity contribution in [2.45, 2.75) is 45.3 Å². The summed E-state index contributed by atoms with van der Waals surface area (Å²) >= 11 is 6.06. The first-order valence-electron chi connectivity index (χ1n) is 12.6. The van der Waals surface area contributed by atoms with Crippen LogP contribution in [0.1, 0.15) is 31.4 Å². The summed E-state index contributed by atoms with van der Waals surface area (Å²) in [4.78, 5) is 28.9. The average molecular weight is 574 g/mol. The maximum Gasteiger partial charge on any atom is 0.244 e. The van der Waals surface area contributed by atoms with E-state index in [1.165, 1.54) is 23.1 Å². The molecule has 0 radical (unpaired) electrons. The van der Waals surface area contributed by atoms with E-state index in [1.54, 1.807) is 24.3 Å². The van der Waals surface area contributed by atoms with E-state index in [9.17, 15) is 22.4 Å². The Kier molecular flexibility index (Phi) is 10.5. The van der Waals surface area contributed by atoms with E-state index in [0.717, 1.165) is 22.2 Å². The van der Waals surface area contributed by atoms with E-state index in [0.29, 0.717) is 17.0 Å². The number of anilines is 1. The van der Waals surface area contributed by atoms with Gasteiger partial charge in [-0.1, -0.05) is 67.1 Å². The summed E-state index contributed by atoms with van der Waals surface area (Å²) in [5, 5.41) is 3.48. The third kappa shape index (κ3) is 8.80. The van der Waals surface area contributed by atoms with Crippen molar-refractivity contribution >= 4 is 39.1 Å². The monoisotopic (exact) mass is 573 g/mol. The molecule has 0 aliphatic carbocycles. The van der Waals surface area contributed by atoms with Gasteiger partial charge in [0.25, 0.3) is 0 Å². The number of rotatable bonds is 12. The maximum atomic E-state index is 14.0. The summed E-state index contributed by atoms with van der Waals surface area (Å²) in [5.41, 5.74) is 1.56. The van der Waals surface area contributed by atoms with Gasteiger partial charge in [-0.25, -0.2) is 12.8 Å². The van der Waals surface area contributed by atoms with Gasteiger partial charge in [0.1, 0.15) is 18.4 Å². The van der Waals surface area contributed by atoms with Crippen molar-refractivity contribution in [2.24, 2.45) is 0 Å². The van der Waals surface area contributed by atoms with Gasteiger partial charge < -0.3 is 10.2 Å². The molecule has 3 aromatic rings. The van der Waals surface area contributed by atoms with Crippen LogP contribution in [0.4, 0.5) is 10.1 Å². The molecule has 3 rings (SSSR count). The number of carbonyl (C=O) groups excluding carboxylic acids is 2. The molecule has 3 aromatic carbocycles. The van der Waals surface area contributed by atoms with Crippen molar-refractivity contribution in [1.29, 1.82) is 0 Å². The quantitative estimate of drug-likeness (QED) is 0.337. The minimum absolute atomic E-state index is 0.0148. The number of carbonyl (C=O) groups is 2. The number of hydrogen-bond donors (Lipinski definition) is 1. The molecule has 0 heterocycles. The second-order valence-electron chi connectivity index (χ2n) is 9.42. The molecule has 0 aliphatic rings. The standard InChI is InChI=1S/C29H33ClFN3O4S/c1-4-21(2)32-29(36)27(17-22-9-6-5-7-10-22)33(19-23-13-15-24(30)16-14-23)28(35)20-34(39(3,37)38)26-12-8-11-25(31)18-26/h5-16,18,21,27H,4,17,19-20H2,1-3H3,(H,32,36)/t21-,27-/m0/s1. The molecule has 39 heavy (non-hydrogen) atoms.